The van der Waals surface area contributed by atoms with Crippen molar-refractivity contribution >= 4 is 17.5 Å². The number of nitro groups is 1. The van der Waals surface area contributed by atoms with E-state index in [1.807, 2.05) is 19.1 Å². The van der Waals surface area contributed by atoms with Gasteiger partial charge in [-0.2, -0.15) is 10.2 Å². The molecule has 0 bridgehead atoms. The van der Waals surface area contributed by atoms with E-state index in [1.165, 1.54) is 23.2 Å². The molecule has 0 fully saturated rings. The third kappa shape index (κ3) is 4.14. The number of hydrogen-bond donors (Lipinski definition) is 0. The third-order valence-electron chi connectivity index (χ3n) is 4.16. The molecule has 0 radical (unpaired) electrons. The first kappa shape index (κ1) is 19.0. The first-order valence-electron chi connectivity index (χ1n) is 8.59. The van der Waals surface area contributed by atoms with Crippen LogP contribution < -0.4 is 4.74 Å². The van der Waals surface area contributed by atoms with Gasteiger partial charge in [0.05, 0.1) is 18.6 Å². The molecule has 0 unspecified atom stereocenters. The number of carbonyl (C=O) groups is 1. The van der Waals surface area contributed by atoms with Crippen molar-refractivity contribution in [3.05, 3.63) is 75.9 Å². The summed E-state index contributed by atoms with van der Waals surface area (Å²) in [6.45, 7) is 2.84. The highest BCUT2D eigenvalue weighted by Gasteiger charge is 2.12. The van der Waals surface area contributed by atoms with Crippen LogP contribution in [0.4, 0.5) is 5.69 Å². The molecule has 9 nitrogen and oxygen atoms in total. The van der Waals surface area contributed by atoms with E-state index in [-0.39, 0.29) is 11.5 Å². The van der Waals surface area contributed by atoms with Crippen molar-refractivity contribution in [2.24, 2.45) is 0 Å². The predicted molar refractivity (Wildman–Crippen MR) is 102 cm³/mol. The van der Waals surface area contributed by atoms with Gasteiger partial charge in [0.15, 0.2) is 0 Å². The van der Waals surface area contributed by atoms with Gasteiger partial charge >= 0.3 is 5.69 Å². The summed E-state index contributed by atoms with van der Waals surface area (Å²) in [6, 6.07) is 7.15. The van der Waals surface area contributed by atoms with Crippen LogP contribution in [-0.4, -0.2) is 37.4 Å². The van der Waals surface area contributed by atoms with Gasteiger partial charge in [0, 0.05) is 18.3 Å². The van der Waals surface area contributed by atoms with E-state index in [2.05, 4.69) is 10.2 Å². The maximum Gasteiger partial charge on any atom is 0.307 e. The summed E-state index contributed by atoms with van der Waals surface area (Å²) >= 11 is 0. The number of aryl methyl sites for hydroxylation is 1. The number of ketones is 1. The maximum absolute atomic E-state index is 12.4. The summed E-state index contributed by atoms with van der Waals surface area (Å²) in [5.74, 6) is 0.491. The Balaban J connectivity index is 1.81. The average Bonchev–Trinajstić information content (AvgIpc) is 3.35. The van der Waals surface area contributed by atoms with Gasteiger partial charge in [-0.25, -0.2) is 0 Å². The topological polar surface area (TPSA) is 105 Å². The smallest absolute Gasteiger partial charge is 0.307 e. The second-order valence-corrected chi connectivity index (χ2v) is 5.95. The standard InChI is InChI=1S/C19H19N5O4/c1-3-23-17(8-9-20-23)18(25)6-4-14-5-7-19(28-2)15(10-14)12-22-13-16(11-21-22)24(26)27/h4-11,13H,3,12H2,1-2H3/b6-4+. The molecule has 0 spiro atoms. The number of methoxy groups -OCH3 is 1. The molecule has 0 N–H and O–H groups in total. The Labute approximate surface area is 161 Å². The second kappa shape index (κ2) is 8.30. The van der Waals surface area contributed by atoms with Gasteiger partial charge < -0.3 is 4.74 Å². The van der Waals surface area contributed by atoms with Gasteiger partial charge in [0.2, 0.25) is 5.78 Å². The van der Waals surface area contributed by atoms with Crippen LogP contribution in [0.2, 0.25) is 0 Å². The van der Waals surface area contributed by atoms with Crippen LogP contribution in [0.15, 0.2) is 48.9 Å². The zero-order valence-corrected chi connectivity index (χ0v) is 15.5. The van der Waals surface area contributed by atoms with Crippen LogP contribution in [0.3, 0.4) is 0 Å². The van der Waals surface area contributed by atoms with Crippen molar-refractivity contribution in [1.82, 2.24) is 19.6 Å². The molecule has 9 heteroatoms. The highest BCUT2D eigenvalue weighted by Crippen LogP contribution is 2.22. The number of hydrogen-bond acceptors (Lipinski definition) is 6. The lowest BCUT2D eigenvalue weighted by Crippen LogP contribution is -2.07. The summed E-state index contributed by atoms with van der Waals surface area (Å²) < 4.78 is 8.47. The normalized spacial score (nSPS) is 11.1. The zero-order valence-electron chi connectivity index (χ0n) is 15.5. The SMILES string of the molecule is CCn1nccc1C(=O)/C=C/c1ccc(OC)c(Cn2cc([N+](=O)[O-])cn2)c1. The fourth-order valence-corrected chi connectivity index (χ4v) is 2.78. The second-order valence-electron chi connectivity index (χ2n) is 5.95. The lowest BCUT2D eigenvalue weighted by Gasteiger charge is -2.09. The third-order valence-corrected chi connectivity index (χ3v) is 4.16. The van der Waals surface area contributed by atoms with Crippen LogP contribution in [0, 0.1) is 10.1 Å². The molecule has 1 aromatic carbocycles. The van der Waals surface area contributed by atoms with Crippen LogP contribution in [0.25, 0.3) is 6.08 Å². The Morgan fingerprint density at radius 2 is 2.14 bits per heavy atom. The van der Waals surface area contributed by atoms with Crippen LogP contribution in [-0.2, 0) is 13.1 Å². The van der Waals surface area contributed by atoms with E-state index in [4.69, 9.17) is 4.74 Å². The number of aromatic nitrogens is 4. The Hall–Kier alpha value is -3.75. The summed E-state index contributed by atoms with van der Waals surface area (Å²) in [5, 5.41) is 18.9. The maximum atomic E-state index is 12.4. The first-order valence-corrected chi connectivity index (χ1v) is 8.59. The molecule has 2 aromatic heterocycles. The van der Waals surface area contributed by atoms with Gasteiger partial charge in [-0.05, 0) is 36.8 Å². The van der Waals surface area contributed by atoms with E-state index in [1.54, 1.807) is 36.2 Å². The number of allylic oxidation sites excluding steroid dienone is 1. The van der Waals surface area contributed by atoms with Crippen molar-refractivity contribution in [2.75, 3.05) is 7.11 Å². The van der Waals surface area contributed by atoms with Crippen LogP contribution >= 0.6 is 0 Å². The van der Waals surface area contributed by atoms with Crippen LogP contribution in [0.1, 0.15) is 28.5 Å². The molecule has 0 aliphatic rings. The molecule has 0 saturated carbocycles. The van der Waals surface area contributed by atoms with Crippen molar-refractivity contribution in [2.45, 2.75) is 20.0 Å². The molecule has 2 heterocycles. The van der Waals surface area contributed by atoms with Gasteiger partial charge in [0.1, 0.15) is 23.8 Å². The molecule has 0 aliphatic carbocycles. The molecule has 0 saturated heterocycles. The Kier molecular flexibility index (Phi) is 5.64. The number of ether oxygens (including phenoxy) is 1. The fraction of sp³-hybridized carbons (Fsp3) is 0.211. The predicted octanol–water partition coefficient (Wildman–Crippen LogP) is 2.96. The molecular formula is C19H19N5O4. The monoisotopic (exact) mass is 381 g/mol. The highest BCUT2D eigenvalue weighted by molar-refractivity contribution is 6.05. The minimum atomic E-state index is -0.494. The Bertz CT molecular complexity index is 1030. The first-order chi connectivity index (χ1) is 13.5. The summed E-state index contributed by atoms with van der Waals surface area (Å²) in [7, 11) is 1.55. The zero-order chi connectivity index (χ0) is 20.1. The molecule has 0 aliphatic heterocycles. The van der Waals surface area contributed by atoms with Gasteiger partial charge in [0.25, 0.3) is 0 Å². The lowest BCUT2D eigenvalue weighted by molar-refractivity contribution is -0.385. The number of nitrogens with zero attached hydrogens (tertiary/aromatic N) is 5. The van der Waals surface area contributed by atoms with E-state index in [0.29, 0.717) is 24.5 Å². The van der Waals surface area contributed by atoms with E-state index in [9.17, 15) is 14.9 Å². The summed E-state index contributed by atoms with van der Waals surface area (Å²) in [4.78, 5) is 22.7. The molecular weight excluding hydrogens is 362 g/mol. The van der Waals surface area contributed by atoms with E-state index < -0.39 is 4.92 Å². The van der Waals surface area contributed by atoms with Gasteiger partial charge in [-0.1, -0.05) is 12.1 Å². The highest BCUT2D eigenvalue weighted by atomic mass is 16.6. The van der Waals surface area contributed by atoms with Crippen molar-refractivity contribution < 1.29 is 14.5 Å². The average molecular weight is 381 g/mol. The minimum Gasteiger partial charge on any atom is -0.496 e. The minimum absolute atomic E-state index is 0.0758. The Morgan fingerprint density at radius 1 is 1.32 bits per heavy atom. The molecule has 3 aromatic rings. The summed E-state index contributed by atoms with van der Waals surface area (Å²) in [6.07, 6.45) is 7.36. The molecule has 3 rings (SSSR count). The number of rotatable bonds is 8. The van der Waals surface area contributed by atoms with Gasteiger partial charge in [-0.15, -0.1) is 0 Å². The van der Waals surface area contributed by atoms with Crippen LogP contribution in [0.5, 0.6) is 5.75 Å². The van der Waals surface area contributed by atoms with Crippen molar-refractivity contribution in [3.8, 4) is 5.75 Å². The van der Waals surface area contributed by atoms with Gasteiger partial charge in [-0.3, -0.25) is 24.3 Å². The van der Waals surface area contributed by atoms with Crippen molar-refractivity contribution in [3.63, 3.8) is 0 Å². The van der Waals surface area contributed by atoms with E-state index in [0.717, 1.165) is 11.1 Å². The quantitative estimate of drug-likeness (QED) is 0.257. The number of benzene rings is 1. The number of carbonyl (C=O) groups excluding carboxylic acids is 1. The fourth-order valence-electron chi connectivity index (χ4n) is 2.78. The molecule has 28 heavy (non-hydrogen) atoms. The molecule has 0 atom stereocenters. The largest absolute Gasteiger partial charge is 0.496 e. The lowest BCUT2D eigenvalue weighted by atomic mass is 10.1. The van der Waals surface area contributed by atoms with Crippen molar-refractivity contribution in [1.29, 1.82) is 0 Å². The summed E-state index contributed by atoms with van der Waals surface area (Å²) in [5.41, 5.74) is 2.03. The Morgan fingerprint density at radius 3 is 2.82 bits per heavy atom. The van der Waals surface area contributed by atoms with E-state index >= 15 is 0 Å². The molecule has 0 amide bonds. The molecule has 144 valence electrons.